The highest BCUT2D eigenvalue weighted by Crippen LogP contribution is 2.23. The van der Waals surface area contributed by atoms with E-state index in [0.717, 1.165) is 0 Å². The molecule has 1 aromatic heterocycles. The Morgan fingerprint density at radius 2 is 1.72 bits per heavy atom. The molecule has 0 bridgehead atoms. The van der Waals surface area contributed by atoms with E-state index >= 15 is 0 Å². The zero-order chi connectivity index (χ0) is 21.0. The topological polar surface area (TPSA) is 105 Å². The van der Waals surface area contributed by atoms with Crippen LogP contribution in [0, 0.1) is 0 Å². The van der Waals surface area contributed by atoms with Crippen LogP contribution in [0.25, 0.3) is 0 Å². The number of amides is 1. The molecular formula is C20H22N4O4S. The number of rotatable bonds is 7. The number of hydrogen-bond acceptors (Lipinski definition) is 6. The summed E-state index contributed by atoms with van der Waals surface area (Å²) < 4.78 is 32.7. The molecule has 0 unspecified atom stereocenters. The van der Waals surface area contributed by atoms with Crippen molar-refractivity contribution in [2.75, 3.05) is 16.2 Å². The first kappa shape index (κ1) is 20.5. The molecule has 0 aliphatic carbocycles. The Kier molecular flexibility index (Phi) is 5.97. The van der Waals surface area contributed by atoms with E-state index in [1.54, 1.807) is 31.2 Å². The molecule has 1 heterocycles. The molecule has 29 heavy (non-hydrogen) atoms. The highest BCUT2D eigenvalue weighted by atomic mass is 32.2. The van der Waals surface area contributed by atoms with Crippen molar-refractivity contribution in [2.24, 2.45) is 0 Å². The summed E-state index contributed by atoms with van der Waals surface area (Å²) in [4.78, 5) is 12.5. The zero-order valence-corrected chi connectivity index (χ0v) is 17.2. The van der Waals surface area contributed by atoms with Crippen molar-refractivity contribution in [2.45, 2.75) is 31.6 Å². The predicted molar refractivity (Wildman–Crippen MR) is 109 cm³/mol. The molecule has 2 aromatic carbocycles. The van der Waals surface area contributed by atoms with Gasteiger partial charge in [-0.25, -0.2) is 8.42 Å². The van der Waals surface area contributed by atoms with E-state index < -0.39 is 15.9 Å². The molecular weight excluding hydrogens is 392 g/mol. The van der Waals surface area contributed by atoms with Gasteiger partial charge in [-0.05, 0) is 43.3 Å². The maximum atomic E-state index is 13.0. The third kappa shape index (κ3) is 4.45. The van der Waals surface area contributed by atoms with Gasteiger partial charge in [0, 0.05) is 18.0 Å². The molecule has 0 aliphatic heterocycles. The van der Waals surface area contributed by atoms with Crippen LogP contribution >= 0.6 is 0 Å². The smallest absolute Gasteiger partial charge is 0.322 e. The number of sulfonamides is 1. The number of nitrogens with zero attached hydrogens (tertiary/aromatic N) is 3. The number of benzene rings is 2. The van der Waals surface area contributed by atoms with Gasteiger partial charge >= 0.3 is 6.01 Å². The molecule has 3 aromatic rings. The Morgan fingerprint density at radius 1 is 1.07 bits per heavy atom. The van der Waals surface area contributed by atoms with Crippen molar-refractivity contribution in [1.82, 2.24) is 10.2 Å². The van der Waals surface area contributed by atoms with Crippen molar-refractivity contribution < 1.29 is 17.6 Å². The SMILES string of the molecule is CCN(c1ccccc1)S(=O)(=O)c1ccc(C(=O)Nc2nnc(C(C)C)o2)cc1. The molecule has 0 fully saturated rings. The number of carbonyl (C=O) groups is 1. The van der Waals surface area contributed by atoms with Gasteiger partial charge in [0.2, 0.25) is 5.89 Å². The Hall–Kier alpha value is -3.20. The summed E-state index contributed by atoms with van der Waals surface area (Å²) in [6.45, 7) is 5.84. The minimum atomic E-state index is -3.75. The highest BCUT2D eigenvalue weighted by Gasteiger charge is 2.24. The molecule has 9 heteroatoms. The van der Waals surface area contributed by atoms with E-state index in [2.05, 4.69) is 15.5 Å². The predicted octanol–water partition coefficient (Wildman–Crippen LogP) is 3.66. The van der Waals surface area contributed by atoms with Crippen molar-refractivity contribution in [3.63, 3.8) is 0 Å². The van der Waals surface area contributed by atoms with Gasteiger partial charge in [0.15, 0.2) is 0 Å². The minimum Gasteiger partial charge on any atom is -0.408 e. The molecule has 0 saturated heterocycles. The Bertz CT molecular complexity index is 1080. The number of hydrogen-bond donors (Lipinski definition) is 1. The quantitative estimate of drug-likeness (QED) is 0.632. The molecule has 0 spiro atoms. The first-order valence-corrected chi connectivity index (χ1v) is 10.6. The third-order valence-electron chi connectivity index (χ3n) is 4.19. The second kappa shape index (κ2) is 8.44. The number of aromatic nitrogens is 2. The lowest BCUT2D eigenvalue weighted by atomic mass is 10.2. The monoisotopic (exact) mass is 414 g/mol. The molecule has 0 radical (unpaired) electrons. The van der Waals surface area contributed by atoms with Crippen LogP contribution in [0.1, 0.15) is 42.9 Å². The second-order valence-corrected chi connectivity index (χ2v) is 8.45. The molecule has 0 atom stereocenters. The van der Waals surface area contributed by atoms with Crippen LogP contribution in [0.15, 0.2) is 63.9 Å². The molecule has 152 valence electrons. The Labute approximate surface area is 169 Å². The summed E-state index contributed by atoms with van der Waals surface area (Å²) >= 11 is 0. The molecule has 0 aliphatic rings. The molecule has 0 saturated carbocycles. The van der Waals surface area contributed by atoms with Gasteiger partial charge in [-0.2, -0.15) is 0 Å². The van der Waals surface area contributed by atoms with Crippen LogP contribution in [0.2, 0.25) is 0 Å². The summed E-state index contributed by atoms with van der Waals surface area (Å²) in [6, 6.07) is 14.6. The summed E-state index contributed by atoms with van der Waals surface area (Å²) in [7, 11) is -3.75. The second-order valence-electron chi connectivity index (χ2n) is 6.58. The van der Waals surface area contributed by atoms with Crippen molar-refractivity contribution in [3.8, 4) is 0 Å². The maximum absolute atomic E-state index is 13.0. The average Bonchev–Trinajstić information content (AvgIpc) is 3.18. The van der Waals surface area contributed by atoms with E-state index in [1.165, 1.54) is 28.6 Å². The Morgan fingerprint density at radius 3 is 2.28 bits per heavy atom. The fraction of sp³-hybridized carbons (Fsp3) is 0.250. The summed E-state index contributed by atoms with van der Waals surface area (Å²) in [5.74, 6) is -0.00519. The number of nitrogens with one attached hydrogen (secondary N) is 1. The van der Waals surface area contributed by atoms with E-state index in [1.807, 2.05) is 19.9 Å². The molecule has 1 amide bonds. The lowest BCUT2D eigenvalue weighted by Gasteiger charge is -2.22. The van der Waals surface area contributed by atoms with Gasteiger partial charge in [-0.1, -0.05) is 37.1 Å². The average molecular weight is 414 g/mol. The lowest BCUT2D eigenvalue weighted by molar-refractivity contribution is 0.102. The standard InChI is InChI=1S/C20H22N4O4S/c1-4-24(16-8-6-5-7-9-16)29(26,27)17-12-10-15(11-13-17)18(25)21-20-23-22-19(28-20)14(2)3/h5-14H,4H2,1-3H3,(H,21,23,25). The van der Waals surface area contributed by atoms with Crippen molar-refractivity contribution >= 4 is 27.6 Å². The maximum Gasteiger partial charge on any atom is 0.322 e. The van der Waals surface area contributed by atoms with Gasteiger partial charge in [-0.15, -0.1) is 5.10 Å². The minimum absolute atomic E-state index is 0.00312. The van der Waals surface area contributed by atoms with Crippen LogP contribution < -0.4 is 9.62 Å². The largest absolute Gasteiger partial charge is 0.408 e. The number of anilines is 2. The van der Waals surface area contributed by atoms with Crippen LogP contribution in [0.5, 0.6) is 0 Å². The zero-order valence-electron chi connectivity index (χ0n) is 16.4. The first-order chi connectivity index (χ1) is 13.8. The van der Waals surface area contributed by atoms with Crippen molar-refractivity contribution in [3.05, 3.63) is 66.1 Å². The fourth-order valence-electron chi connectivity index (χ4n) is 2.68. The van der Waals surface area contributed by atoms with E-state index in [0.29, 0.717) is 11.6 Å². The molecule has 1 N–H and O–H groups in total. The number of para-hydroxylation sites is 1. The summed E-state index contributed by atoms with van der Waals surface area (Å²) in [6.07, 6.45) is 0. The van der Waals surface area contributed by atoms with E-state index in [4.69, 9.17) is 4.42 Å². The van der Waals surface area contributed by atoms with Crippen LogP contribution in [0.3, 0.4) is 0 Å². The van der Waals surface area contributed by atoms with Crippen LogP contribution in [-0.4, -0.2) is 31.1 Å². The van der Waals surface area contributed by atoms with Gasteiger partial charge in [-0.3, -0.25) is 14.4 Å². The van der Waals surface area contributed by atoms with Gasteiger partial charge < -0.3 is 4.42 Å². The van der Waals surface area contributed by atoms with Crippen molar-refractivity contribution in [1.29, 1.82) is 0 Å². The first-order valence-electron chi connectivity index (χ1n) is 9.15. The van der Waals surface area contributed by atoms with E-state index in [-0.39, 0.29) is 28.9 Å². The lowest BCUT2D eigenvalue weighted by Crippen LogP contribution is -2.30. The summed E-state index contributed by atoms with van der Waals surface area (Å²) in [5.41, 5.74) is 0.852. The van der Waals surface area contributed by atoms with Gasteiger partial charge in [0.1, 0.15) is 0 Å². The normalized spacial score (nSPS) is 11.4. The molecule has 3 rings (SSSR count). The van der Waals surface area contributed by atoms with E-state index in [9.17, 15) is 13.2 Å². The molecule has 8 nitrogen and oxygen atoms in total. The number of carbonyl (C=O) groups excluding carboxylic acids is 1. The highest BCUT2D eigenvalue weighted by molar-refractivity contribution is 7.92. The fourth-order valence-corrected chi connectivity index (χ4v) is 4.15. The van der Waals surface area contributed by atoms with Gasteiger partial charge in [0.25, 0.3) is 15.9 Å². The van der Waals surface area contributed by atoms with Crippen LogP contribution in [0.4, 0.5) is 11.7 Å². The van der Waals surface area contributed by atoms with Gasteiger partial charge in [0.05, 0.1) is 10.6 Å². The van der Waals surface area contributed by atoms with Crippen LogP contribution in [-0.2, 0) is 10.0 Å². The Balaban J connectivity index is 1.78. The summed E-state index contributed by atoms with van der Waals surface area (Å²) in [5, 5.41) is 10.1. The third-order valence-corrected chi connectivity index (χ3v) is 6.11.